The standard InChI is InChI=1S/C28H28NP/c1-4-13-23(14-5-1)28(29-21-10-11-22-29)26-19-12-20-27(26)30(24-15-6-2-7-16-24)25-17-8-3-9-18-25/h1-9,12-18,20,28H,10-11,19,21-22H2/t28-/m1/s1. The lowest BCUT2D eigenvalue weighted by molar-refractivity contribution is 0.275. The molecule has 1 heterocycles. The van der Waals surface area contributed by atoms with Crippen LogP contribution in [0.5, 0.6) is 0 Å². The Balaban J connectivity index is 1.66. The van der Waals surface area contributed by atoms with Gasteiger partial charge < -0.3 is 0 Å². The number of hydrogen-bond donors (Lipinski definition) is 0. The minimum atomic E-state index is -0.562. The quantitative estimate of drug-likeness (QED) is 0.440. The summed E-state index contributed by atoms with van der Waals surface area (Å²) in [6.07, 6.45) is 8.49. The van der Waals surface area contributed by atoms with E-state index in [0.29, 0.717) is 6.04 Å². The molecule has 0 amide bonds. The molecule has 0 saturated carbocycles. The number of benzene rings is 3. The molecule has 3 aromatic carbocycles. The highest BCUT2D eigenvalue weighted by Crippen LogP contribution is 2.51. The molecule has 0 bridgehead atoms. The smallest absolute Gasteiger partial charge is 0.0573 e. The Bertz CT molecular complexity index is 979. The lowest BCUT2D eigenvalue weighted by Crippen LogP contribution is -2.27. The summed E-state index contributed by atoms with van der Waals surface area (Å²) in [6.45, 7) is 2.40. The molecule has 150 valence electrons. The Hall–Kier alpha value is -2.47. The van der Waals surface area contributed by atoms with Crippen LogP contribution in [0.15, 0.2) is 114 Å². The van der Waals surface area contributed by atoms with Crippen molar-refractivity contribution in [2.24, 2.45) is 0 Å². The zero-order chi connectivity index (χ0) is 20.2. The van der Waals surface area contributed by atoms with E-state index in [1.54, 1.807) is 10.9 Å². The molecule has 1 saturated heterocycles. The van der Waals surface area contributed by atoms with Crippen LogP contribution in [-0.2, 0) is 0 Å². The molecule has 3 aromatic rings. The summed E-state index contributed by atoms with van der Waals surface area (Å²) in [7, 11) is -0.562. The second kappa shape index (κ2) is 9.13. The Morgan fingerprint density at radius 1 is 0.667 bits per heavy atom. The normalized spacial score (nSPS) is 17.8. The van der Waals surface area contributed by atoms with Crippen molar-refractivity contribution in [2.45, 2.75) is 25.3 Å². The van der Waals surface area contributed by atoms with Crippen molar-refractivity contribution in [2.75, 3.05) is 13.1 Å². The first-order valence-corrected chi connectivity index (χ1v) is 12.3. The maximum Gasteiger partial charge on any atom is 0.0573 e. The van der Waals surface area contributed by atoms with Crippen LogP contribution in [-0.4, -0.2) is 18.0 Å². The molecule has 0 spiro atoms. The van der Waals surface area contributed by atoms with Gasteiger partial charge in [0.25, 0.3) is 0 Å². The minimum absolute atomic E-state index is 0.385. The lowest BCUT2D eigenvalue weighted by Gasteiger charge is -2.32. The topological polar surface area (TPSA) is 3.24 Å². The number of hydrogen-bond acceptors (Lipinski definition) is 1. The van der Waals surface area contributed by atoms with Gasteiger partial charge in [-0.05, 0) is 67.3 Å². The van der Waals surface area contributed by atoms with Gasteiger partial charge in [0.1, 0.15) is 0 Å². The largest absolute Gasteiger partial charge is 0.293 e. The SMILES string of the molecule is C1=CC(P(c2ccccc2)c2ccccc2)=C([C@@H](c2ccccc2)N2CCCC2)C1. The lowest BCUT2D eigenvalue weighted by atomic mass is 9.96. The van der Waals surface area contributed by atoms with Crippen molar-refractivity contribution < 1.29 is 0 Å². The van der Waals surface area contributed by atoms with Gasteiger partial charge in [-0.2, -0.15) is 0 Å². The maximum absolute atomic E-state index is 2.71. The summed E-state index contributed by atoms with van der Waals surface area (Å²) in [4.78, 5) is 2.71. The van der Waals surface area contributed by atoms with E-state index < -0.39 is 7.92 Å². The van der Waals surface area contributed by atoms with E-state index in [1.165, 1.54) is 42.1 Å². The van der Waals surface area contributed by atoms with Crippen molar-refractivity contribution in [1.29, 1.82) is 0 Å². The number of rotatable bonds is 6. The third kappa shape index (κ3) is 3.93. The van der Waals surface area contributed by atoms with Gasteiger partial charge >= 0.3 is 0 Å². The second-order valence-corrected chi connectivity index (χ2v) is 10.3. The van der Waals surface area contributed by atoms with E-state index in [9.17, 15) is 0 Å². The Morgan fingerprint density at radius 3 is 1.77 bits per heavy atom. The predicted octanol–water partition coefficient (Wildman–Crippen LogP) is 6.17. The Morgan fingerprint density at radius 2 is 1.20 bits per heavy atom. The summed E-state index contributed by atoms with van der Waals surface area (Å²) >= 11 is 0. The molecular weight excluding hydrogens is 381 g/mol. The highest BCUT2D eigenvalue weighted by Gasteiger charge is 2.32. The zero-order valence-corrected chi connectivity index (χ0v) is 18.2. The fourth-order valence-corrected chi connectivity index (χ4v) is 7.38. The molecule has 2 heteroatoms. The van der Waals surface area contributed by atoms with Crippen molar-refractivity contribution in [1.82, 2.24) is 4.90 Å². The van der Waals surface area contributed by atoms with E-state index >= 15 is 0 Å². The van der Waals surface area contributed by atoms with Crippen molar-refractivity contribution in [3.8, 4) is 0 Å². The van der Waals surface area contributed by atoms with Gasteiger partial charge in [0.05, 0.1) is 6.04 Å². The third-order valence-electron chi connectivity index (χ3n) is 6.16. The van der Waals surface area contributed by atoms with Gasteiger partial charge in [0, 0.05) is 0 Å². The van der Waals surface area contributed by atoms with Gasteiger partial charge in [0.15, 0.2) is 0 Å². The van der Waals surface area contributed by atoms with E-state index in [1.807, 2.05) is 0 Å². The third-order valence-corrected chi connectivity index (χ3v) is 8.71. The fraction of sp³-hybridized carbons (Fsp3) is 0.214. The second-order valence-electron chi connectivity index (χ2n) is 8.08. The van der Waals surface area contributed by atoms with Crippen LogP contribution in [0.3, 0.4) is 0 Å². The molecule has 1 aliphatic carbocycles. The van der Waals surface area contributed by atoms with Crippen LogP contribution >= 0.6 is 7.92 Å². The van der Waals surface area contributed by atoms with E-state index in [-0.39, 0.29) is 0 Å². The van der Waals surface area contributed by atoms with Crippen molar-refractivity contribution in [3.05, 3.63) is 120 Å². The maximum atomic E-state index is 2.71. The van der Waals surface area contributed by atoms with Crippen LogP contribution in [0.2, 0.25) is 0 Å². The first-order valence-electron chi connectivity index (χ1n) is 11.0. The molecule has 0 N–H and O–H groups in total. The number of nitrogens with zero attached hydrogens (tertiary/aromatic N) is 1. The van der Waals surface area contributed by atoms with Gasteiger partial charge in [-0.25, -0.2) is 0 Å². The summed E-state index contributed by atoms with van der Waals surface area (Å²) in [5.74, 6) is 0. The summed E-state index contributed by atoms with van der Waals surface area (Å²) in [5.41, 5.74) is 3.04. The molecule has 30 heavy (non-hydrogen) atoms. The highest BCUT2D eigenvalue weighted by atomic mass is 31.1. The zero-order valence-electron chi connectivity index (χ0n) is 17.3. The molecular formula is C28H28NP. The molecule has 1 aliphatic heterocycles. The average Bonchev–Trinajstić information content (AvgIpc) is 3.50. The van der Waals surface area contributed by atoms with Crippen molar-refractivity contribution >= 4 is 18.5 Å². The van der Waals surface area contributed by atoms with Gasteiger partial charge in [-0.3, -0.25) is 4.90 Å². The Kier molecular flexibility index (Phi) is 5.93. The van der Waals surface area contributed by atoms with E-state index in [2.05, 4.69) is 108 Å². The van der Waals surface area contributed by atoms with Gasteiger partial charge in [0.2, 0.25) is 0 Å². The molecule has 1 atom stereocenters. The minimum Gasteiger partial charge on any atom is -0.293 e. The monoisotopic (exact) mass is 409 g/mol. The molecule has 0 radical (unpaired) electrons. The average molecular weight is 410 g/mol. The van der Waals surface area contributed by atoms with Crippen LogP contribution < -0.4 is 10.6 Å². The van der Waals surface area contributed by atoms with Crippen LogP contribution in [0.4, 0.5) is 0 Å². The number of allylic oxidation sites excluding steroid dienone is 3. The first-order chi connectivity index (χ1) is 14.9. The molecule has 1 nitrogen and oxygen atoms in total. The molecule has 0 unspecified atom stereocenters. The highest BCUT2D eigenvalue weighted by molar-refractivity contribution is 7.77. The number of likely N-dealkylation sites (tertiary alicyclic amines) is 1. The van der Waals surface area contributed by atoms with Crippen LogP contribution in [0.1, 0.15) is 30.9 Å². The molecule has 0 aromatic heterocycles. The summed E-state index contributed by atoms with van der Waals surface area (Å²) in [5, 5.41) is 4.42. The van der Waals surface area contributed by atoms with E-state index in [0.717, 1.165) is 6.42 Å². The van der Waals surface area contributed by atoms with Gasteiger partial charge in [-0.15, -0.1) is 0 Å². The summed E-state index contributed by atoms with van der Waals surface area (Å²) < 4.78 is 0. The van der Waals surface area contributed by atoms with Gasteiger partial charge in [-0.1, -0.05) is 103 Å². The Labute approximate surface area is 181 Å². The van der Waals surface area contributed by atoms with Crippen molar-refractivity contribution in [3.63, 3.8) is 0 Å². The molecule has 2 aliphatic rings. The molecule has 5 rings (SSSR count). The summed E-state index contributed by atoms with van der Waals surface area (Å²) in [6, 6.07) is 33.8. The van der Waals surface area contributed by atoms with Crippen LogP contribution in [0, 0.1) is 0 Å². The fourth-order valence-electron chi connectivity index (χ4n) is 4.83. The predicted molar refractivity (Wildman–Crippen MR) is 130 cm³/mol. The van der Waals surface area contributed by atoms with E-state index in [4.69, 9.17) is 0 Å². The molecule has 1 fully saturated rings. The van der Waals surface area contributed by atoms with Crippen LogP contribution in [0.25, 0.3) is 0 Å². The first kappa shape index (κ1) is 19.5.